The average molecular weight is 1110 g/mol. The second kappa shape index (κ2) is 28.5. The van der Waals surface area contributed by atoms with E-state index in [9.17, 15) is 19.2 Å². The first-order valence-corrected chi connectivity index (χ1v) is 27.8. The summed E-state index contributed by atoms with van der Waals surface area (Å²) in [7, 11) is 0. The molecule has 0 aliphatic heterocycles. The van der Waals surface area contributed by atoms with Crippen LogP contribution in [0.5, 0.6) is 0 Å². The van der Waals surface area contributed by atoms with Gasteiger partial charge in [-0.15, -0.1) is 0 Å². The molecule has 0 saturated heterocycles. The fourth-order valence-corrected chi connectivity index (χ4v) is 12.1. The monoisotopic (exact) mass is 1110 g/mol. The van der Waals surface area contributed by atoms with Gasteiger partial charge in [-0.25, -0.2) is 9.59 Å². The molecule has 2 N–H and O–H groups in total. The molecule has 0 unspecified atom stereocenters. The number of hydrogen-bond donors (Lipinski definition) is 2. The Kier molecular flexibility index (Phi) is 21.7. The Morgan fingerprint density at radius 2 is 0.973 bits per heavy atom. The number of nitrogens with one attached hydrogen (secondary N) is 2. The molecule has 6 aromatic rings. The molecule has 74 heavy (non-hydrogen) atoms. The van der Waals surface area contributed by atoms with Gasteiger partial charge in [-0.1, -0.05) is 124 Å². The van der Waals surface area contributed by atoms with Gasteiger partial charge in [-0.2, -0.15) is 22.7 Å². The molecule has 0 spiro atoms. The van der Waals surface area contributed by atoms with Crippen LogP contribution in [0.1, 0.15) is 76.0 Å². The van der Waals surface area contributed by atoms with E-state index in [1.54, 1.807) is 13.8 Å². The molecule has 0 aromatic heterocycles. The number of halogens is 1. The van der Waals surface area contributed by atoms with E-state index in [4.69, 9.17) is 18.9 Å². The molecule has 10 nitrogen and oxygen atoms in total. The minimum Gasteiger partial charge on any atom is -0.200 e. The predicted octanol–water partition coefficient (Wildman–Crippen LogP) is 7.60. The van der Waals surface area contributed by atoms with Crippen molar-refractivity contribution < 1.29 is 59.3 Å². The fraction of sp³-hybridized carbons (Fsp3) is 0.290. The number of rotatable bonds is 24. The number of hydrogen-bond acceptors (Lipinski definition) is 8. The van der Waals surface area contributed by atoms with Crippen molar-refractivity contribution in [2.75, 3.05) is 39.5 Å². The van der Waals surface area contributed by atoms with Crippen molar-refractivity contribution in [3.8, 4) is 11.1 Å². The molecule has 2 amide bonds. The first kappa shape index (κ1) is 56.4. The smallest absolute Gasteiger partial charge is 0.0814 e. The molecular formula is C62H70BIN2O8-2. The van der Waals surface area contributed by atoms with Gasteiger partial charge >= 0.3 is 254 Å². The van der Waals surface area contributed by atoms with Gasteiger partial charge in [0.2, 0.25) is 0 Å². The number of fused-ring (bicyclic) bond motifs is 3. The first-order chi connectivity index (χ1) is 35.9. The second-order valence-electron chi connectivity index (χ2n) is 18.8. The molecular weight excluding hydrogens is 1040 g/mol. The summed E-state index contributed by atoms with van der Waals surface area (Å²) >= 11 is -0.422. The summed E-state index contributed by atoms with van der Waals surface area (Å²) in [6, 6.07) is 57.1. The summed E-state index contributed by atoms with van der Waals surface area (Å²) in [5.41, 5.74) is 10.6. The number of ether oxygens (including phenoxy) is 4. The van der Waals surface area contributed by atoms with Crippen LogP contribution in [-0.4, -0.2) is 69.8 Å². The van der Waals surface area contributed by atoms with Crippen LogP contribution in [0, 0.1) is 14.1 Å². The molecule has 0 atom stereocenters. The number of carbonyl (C=O) groups excluding carboxylic acids is 4. The Morgan fingerprint density at radius 3 is 1.45 bits per heavy atom. The zero-order chi connectivity index (χ0) is 52.8. The third-order valence-corrected chi connectivity index (χ3v) is 16.1. The third-order valence-electron chi connectivity index (χ3n) is 13.4. The van der Waals surface area contributed by atoms with Crippen molar-refractivity contribution in [1.82, 2.24) is 10.6 Å². The molecule has 1 aliphatic carbocycles. The Morgan fingerprint density at radius 1 is 0.527 bits per heavy atom. The molecule has 0 bridgehead atoms. The summed E-state index contributed by atoms with van der Waals surface area (Å²) in [4.78, 5) is 47.9. The normalized spacial score (nSPS) is 11.9. The maximum atomic E-state index is 12.4. The number of carbonyl (C=O) groups is 4. The summed E-state index contributed by atoms with van der Waals surface area (Å²) in [6.45, 7) is 15.3. The van der Waals surface area contributed by atoms with E-state index < -0.39 is 56.9 Å². The van der Waals surface area contributed by atoms with E-state index >= 15 is 0 Å². The fourth-order valence-electron chi connectivity index (χ4n) is 9.82. The van der Waals surface area contributed by atoms with E-state index in [1.165, 1.54) is 70.5 Å². The van der Waals surface area contributed by atoms with Gasteiger partial charge in [0.1, 0.15) is 0 Å². The van der Waals surface area contributed by atoms with Crippen molar-refractivity contribution in [2.45, 2.75) is 78.0 Å². The summed E-state index contributed by atoms with van der Waals surface area (Å²) in [5.74, 6) is -1.02. The largest absolute Gasteiger partial charge is 0.200 e. The zero-order valence-electron chi connectivity index (χ0n) is 43.3. The molecule has 0 fully saturated rings. The van der Waals surface area contributed by atoms with Gasteiger partial charge in [-0.05, 0) is 13.8 Å². The zero-order valence-corrected chi connectivity index (χ0v) is 45.5. The SMILES string of the molecule is C=C(C)C(=O)OCCNC(=O)OCCCC1(CCCOC(=O)NCCOC(=O)C(=C)C)c2ccccc2-c2ccc([I-]c3ccc(C)cc3)cc21.CCCC[B-](c1ccccc1)(c1ccccc1)c1ccccc1. The van der Waals surface area contributed by atoms with Gasteiger partial charge in [0, 0.05) is 11.1 Å². The maximum absolute atomic E-state index is 12.4. The Labute approximate surface area is 448 Å². The van der Waals surface area contributed by atoms with E-state index in [2.05, 4.69) is 189 Å². The van der Waals surface area contributed by atoms with E-state index in [1.807, 2.05) is 6.07 Å². The number of unbranched alkanes of at least 4 members (excludes halogenated alkanes) is 1. The second-order valence-corrected chi connectivity index (χ2v) is 21.8. The van der Waals surface area contributed by atoms with Gasteiger partial charge in [-0.3, -0.25) is 0 Å². The molecule has 12 heteroatoms. The number of aryl methyl sites for hydroxylation is 1. The number of esters is 2. The Balaban J connectivity index is 0.000000320. The van der Waals surface area contributed by atoms with Crippen LogP contribution in [-0.2, 0) is 34.0 Å². The van der Waals surface area contributed by atoms with Crippen LogP contribution in [0.4, 0.5) is 9.59 Å². The predicted molar refractivity (Wildman–Crippen MR) is 294 cm³/mol. The number of alkyl carbamates (subject to hydrolysis) is 2. The van der Waals surface area contributed by atoms with Crippen molar-refractivity contribution in [3.63, 3.8) is 0 Å². The quantitative estimate of drug-likeness (QED) is 0.0159. The number of benzene rings is 6. The molecule has 6 aromatic carbocycles. The maximum Gasteiger partial charge on any atom is 0.0814 e. The minimum atomic E-state index is -0.913. The van der Waals surface area contributed by atoms with Crippen molar-refractivity contribution in [1.29, 1.82) is 0 Å². The Bertz CT molecular complexity index is 2650. The van der Waals surface area contributed by atoms with Crippen molar-refractivity contribution >= 4 is 46.7 Å². The molecule has 0 radical (unpaired) electrons. The molecule has 388 valence electrons. The van der Waals surface area contributed by atoms with Crippen LogP contribution in [0.15, 0.2) is 182 Å². The molecule has 7 rings (SSSR count). The van der Waals surface area contributed by atoms with E-state index in [0.29, 0.717) is 36.8 Å². The van der Waals surface area contributed by atoms with E-state index in [-0.39, 0.29) is 39.5 Å². The van der Waals surface area contributed by atoms with Gasteiger partial charge in [0.05, 0.1) is 6.15 Å². The summed E-state index contributed by atoms with van der Waals surface area (Å²) in [6.07, 6.45) is 4.15. The molecule has 0 saturated carbocycles. The van der Waals surface area contributed by atoms with Crippen LogP contribution < -0.4 is 48.2 Å². The van der Waals surface area contributed by atoms with Crippen LogP contribution in [0.2, 0.25) is 6.32 Å². The van der Waals surface area contributed by atoms with Gasteiger partial charge in [0.25, 0.3) is 0 Å². The van der Waals surface area contributed by atoms with Gasteiger partial charge in [0.15, 0.2) is 0 Å². The number of amides is 2. The van der Waals surface area contributed by atoms with Crippen molar-refractivity contribution in [2.24, 2.45) is 0 Å². The molecule has 0 heterocycles. The topological polar surface area (TPSA) is 129 Å². The van der Waals surface area contributed by atoms with E-state index in [0.717, 1.165) is 0 Å². The molecule has 1 aliphatic rings. The van der Waals surface area contributed by atoms with Gasteiger partial charge < -0.3 is 9.47 Å². The third kappa shape index (κ3) is 15.3. The summed E-state index contributed by atoms with van der Waals surface area (Å²) in [5, 5.41) is 5.23. The van der Waals surface area contributed by atoms with Crippen molar-refractivity contribution in [3.05, 3.63) is 206 Å². The Hall–Kier alpha value is -6.93. The first-order valence-electron chi connectivity index (χ1n) is 25.6. The minimum absolute atomic E-state index is 0.0214. The van der Waals surface area contributed by atoms with Crippen LogP contribution >= 0.6 is 0 Å². The average Bonchev–Trinajstić information content (AvgIpc) is 3.69. The summed E-state index contributed by atoms with van der Waals surface area (Å²) < 4.78 is 23.7. The van der Waals surface area contributed by atoms with Crippen LogP contribution in [0.25, 0.3) is 11.1 Å². The standard InChI is InChI=1S/C40H46IN2O8.C22H24B/c1-27(2)36(44)48-24-20-42-38(46)50-22-8-18-40(19-9-23-51-39(47)43-21-25-49-37(45)28(3)4)34-11-7-6-10-32(34)33-17-16-31(26-35(33)40)41-30-14-12-29(5)13-15-30;1-2-3-19-23(20-13-7-4-8-14-20,21-15-9-5-10-16-21)22-17-11-6-12-18-22/h6-7,10-17,26H,1,3,8-9,18-25H2,2,4-5H3,(H,42,46)(H,43,47);4-18H,2-3,19H2,1H3/q2*-1. The van der Waals surface area contributed by atoms with Crippen LogP contribution in [0.3, 0.4) is 0 Å².